The third-order valence-electron chi connectivity index (χ3n) is 2.15. The summed E-state index contributed by atoms with van der Waals surface area (Å²) in [4.78, 5) is 32.5. The van der Waals surface area contributed by atoms with E-state index in [1.807, 2.05) is 0 Å². The lowest BCUT2D eigenvalue weighted by atomic mass is 10.2. The molecule has 0 atom stereocenters. The summed E-state index contributed by atoms with van der Waals surface area (Å²) in [5.74, 6) is -0.558. The smallest absolute Gasteiger partial charge is 0.306 e. The highest BCUT2D eigenvalue weighted by Crippen LogP contribution is 2.22. The Kier molecular flexibility index (Phi) is 4.27. The number of nitrogens with one attached hydrogen (secondary N) is 1. The van der Waals surface area contributed by atoms with E-state index in [9.17, 15) is 19.7 Å². The number of anilines is 1. The number of carbonyl (C=O) groups excluding carboxylic acids is 2. The minimum Gasteiger partial charge on any atom is -0.306 e. The van der Waals surface area contributed by atoms with Crippen molar-refractivity contribution in [2.24, 2.45) is 0 Å². The highest BCUT2D eigenvalue weighted by Gasteiger charge is 2.16. The fourth-order valence-electron chi connectivity index (χ4n) is 1.20. The molecule has 0 saturated heterocycles. The molecule has 0 bridgehead atoms. The molecule has 96 valence electrons. The third-order valence-corrected chi connectivity index (χ3v) is 2.61. The molecule has 1 aromatic rings. The van der Waals surface area contributed by atoms with Crippen molar-refractivity contribution in [3.05, 3.63) is 33.9 Å². The number of aryl methyl sites for hydroxylation is 1. The SMILES string of the molecule is CC(=O)N(S)C(=O)Nc1ccc(C)c([N+](=O)[O-])c1. The van der Waals surface area contributed by atoms with Crippen LogP contribution in [0.25, 0.3) is 0 Å². The van der Waals surface area contributed by atoms with Crippen LogP contribution < -0.4 is 5.32 Å². The highest BCUT2D eigenvalue weighted by molar-refractivity contribution is 7.79. The third kappa shape index (κ3) is 3.20. The van der Waals surface area contributed by atoms with Gasteiger partial charge in [0.05, 0.1) is 4.92 Å². The zero-order chi connectivity index (χ0) is 13.9. The number of hydrogen-bond donors (Lipinski definition) is 2. The molecule has 0 fully saturated rings. The number of benzene rings is 1. The number of nitro groups is 1. The van der Waals surface area contributed by atoms with Gasteiger partial charge in [0, 0.05) is 24.2 Å². The molecular weight excluding hydrogens is 258 g/mol. The van der Waals surface area contributed by atoms with Crippen LogP contribution in [0.5, 0.6) is 0 Å². The number of hydrogen-bond acceptors (Lipinski definition) is 5. The molecule has 3 amide bonds. The van der Waals surface area contributed by atoms with Crippen molar-refractivity contribution < 1.29 is 14.5 Å². The van der Waals surface area contributed by atoms with E-state index in [0.29, 0.717) is 9.87 Å². The van der Waals surface area contributed by atoms with Gasteiger partial charge >= 0.3 is 6.03 Å². The fraction of sp³-hybridized carbons (Fsp3) is 0.200. The lowest BCUT2D eigenvalue weighted by Gasteiger charge is -2.12. The highest BCUT2D eigenvalue weighted by atomic mass is 32.1. The predicted molar refractivity (Wildman–Crippen MR) is 68.4 cm³/mol. The predicted octanol–water partition coefficient (Wildman–Crippen LogP) is 2.13. The van der Waals surface area contributed by atoms with E-state index in [0.717, 1.165) is 0 Å². The first-order chi connectivity index (χ1) is 8.32. The van der Waals surface area contributed by atoms with Crippen molar-refractivity contribution in [1.29, 1.82) is 0 Å². The van der Waals surface area contributed by atoms with E-state index in [2.05, 4.69) is 18.1 Å². The molecule has 1 N–H and O–H groups in total. The van der Waals surface area contributed by atoms with Crippen molar-refractivity contribution >= 4 is 36.1 Å². The molecule has 0 saturated carbocycles. The molecule has 0 unspecified atom stereocenters. The Morgan fingerprint density at radius 2 is 2.06 bits per heavy atom. The Morgan fingerprint density at radius 1 is 1.44 bits per heavy atom. The number of carbonyl (C=O) groups is 2. The Balaban J connectivity index is 2.93. The maximum Gasteiger partial charge on any atom is 0.338 e. The Labute approximate surface area is 108 Å². The van der Waals surface area contributed by atoms with Crippen LogP contribution in [-0.4, -0.2) is 21.2 Å². The Bertz CT molecular complexity index is 518. The van der Waals surface area contributed by atoms with Crippen molar-refractivity contribution in [1.82, 2.24) is 4.31 Å². The van der Waals surface area contributed by atoms with Crippen LogP contribution in [0.2, 0.25) is 0 Å². The molecule has 1 aromatic carbocycles. The van der Waals surface area contributed by atoms with E-state index in [1.54, 1.807) is 6.92 Å². The second kappa shape index (κ2) is 5.50. The summed E-state index contributed by atoms with van der Waals surface area (Å²) >= 11 is 3.67. The second-order valence-electron chi connectivity index (χ2n) is 3.52. The van der Waals surface area contributed by atoms with Crippen LogP contribution in [0.1, 0.15) is 12.5 Å². The van der Waals surface area contributed by atoms with Crippen LogP contribution in [0.15, 0.2) is 18.2 Å². The number of nitro benzene ring substituents is 1. The maximum atomic E-state index is 11.5. The summed E-state index contributed by atoms with van der Waals surface area (Å²) < 4.78 is 0.575. The van der Waals surface area contributed by atoms with Crippen LogP contribution in [0.4, 0.5) is 16.2 Å². The van der Waals surface area contributed by atoms with E-state index in [4.69, 9.17) is 0 Å². The van der Waals surface area contributed by atoms with Crippen molar-refractivity contribution in [3.63, 3.8) is 0 Å². The molecule has 0 aliphatic carbocycles. The number of nitrogens with zero attached hydrogens (tertiary/aromatic N) is 2. The van der Waals surface area contributed by atoms with Gasteiger partial charge in [-0.2, -0.15) is 0 Å². The monoisotopic (exact) mass is 269 g/mol. The number of imide groups is 1. The Hall–Kier alpha value is -2.09. The zero-order valence-electron chi connectivity index (χ0n) is 9.71. The summed E-state index contributed by atoms with van der Waals surface area (Å²) in [6.07, 6.45) is 0. The first kappa shape index (κ1) is 14.0. The van der Waals surface area contributed by atoms with Gasteiger partial charge in [-0.15, -0.1) is 0 Å². The van der Waals surface area contributed by atoms with Gasteiger partial charge in [-0.3, -0.25) is 14.9 Å². The zero-order valence-corrected chi connectivity index (χ0v) is 10.6. The van der Waals surface area contributed by atoms with E-state index >= 15 is 0 Å². The van der Waals surface area contributed by atoms with E-state index in [-0.39, 0.29) is 11.4 Å². The minimum atomic E-state index is -0.774. The van der Waals surface area contributed by atoms with Crippen LogP contribution >= 0.6 is 12.8 Å². The van der Waals surface area contributed by atoms with Gasteiger partial charge in [-0.1, -0.05) is 18.9 Å². The average Bonchev–Trinajstić information content (AvgIpc) is 2.29. The first-order valence-electron chi connectivity index (χ1n) is 4.88. The summed E-state index contributed by atoms with van der Waals surface area (Å²) in [5.41, 5.74) is 0.589. The van der Waals surface area contributed by atoms with Crippen LogP contribution in [0.3, 0.4) is 0 Å². The molecule has 0 spiro atoms. The van der Waals surface area contributed by atoms with E-state index < -0.39 is 16.9 Å². The standard InChI is InChI=1S/C10H11N3O4S/c1-6-3-4-8(5-9(6)13(16)17)11-10(15)12(18)7(2)14/h3-5,18H,1-2H3,(H,11,15). The average molecular weight is 269 g/mol. The molecule has 18 heavy (non-hydrogen) atoms. The first-order valence-corrected chi connectivity index (χ1v) is 5.28. The minimum absolute atomic E-state index is 0.110. The summed E-state index contributed by atoms with van der Waals surface area (Å²) in [5, 5.41) is 13.0. The second-order valence-corrected chi connectivity index (χ2v) is 3.92. The molecule has 1 rings (SSSR count). The molecular formula is C10H11N3O4S. The van der Waals surface area contributed by atoms with Crippen molar-refractivity contribution in [2.75, 3.05) is 5.32 Å². The number of amides is 3. The summed E-state index contributed by atoms with van der Waals surface area (Å²) in [6, 6.07) is 3.45. The van der Waals surface area contributed by atoms with Gasteiger partial charge in [-0.25, -0.2) is 9.10 Å². The number of rotatable bonds is 2. The molecule has 0 radical (unpaired) electrons. The summed E-state index contributed by atoms with van der Waals surface area (Å²) in [7, 11) is 0. The van der Waals surface area contributed by atoms with Gasteiger partial charge in [0.1, 0.15) is 0 Å². The van der Waals surface area contributed by atoms with E-state index in [1.165, 1.54) is 25.1 Å². The van der Waals surface area contributed by atoms with Gasteiger partial charge in [-0.05, 0) is 13.0 Å². The number of urea groups is 1. The Morgan fingerprint density at radius 3 is 2.56 bits per heavy atom. The molecule has 0 aliphatic heterocycles. The fourth-order valence-corrected chi connectivity index (χ4v) is 1.25. The maximum absolute atomic E-state index is 11.5. The molecule has 0 aromatic heterocycles. The summed E-state index contributed by atoms with van der Waals surface area (Å²) in [6.45, 7) is 2.76. The van der Waals surface area contributed by atoms with Gasteiger partial charge in [0.25, 0.3) is 5.69 Å². The van der Waals surface area contributed by atoms with Crippen molar-refractivity contribution in [2.45, 2.75) is 13.8 Å². The lowest BCUT2D eigenvalue weighted by Crippen LogP contribution is -2.30. The largest absolute Gasteiger partial charge is 0.338 e. The topological polar surface area (TPSA) is 92.6 Å². The molecule has 7 nitrogen and oxygen atoms in total. The van der Waals surface area contributed by atoms with Gasteiger partial charge in [0.2, 0.25) is 5.91 Å². The van der Waals surface area contributed by atoms with Crippen LogP contribution in [0, 0.1) is 17.0 Å². The van der Waals surface area contributed by atoms with Crippen LogP contribution in [-0.2, 0) is 4.79 Å². The quantitative estimate of drug-likeness (QED) is 0.488. The van der Waals surface area contributed by atoms with Gasteiger partial charge < -0.3 is 5.32 Å². The molecule has 0 heterocycles. The normalized spacial score (nSPS) is 9.72. The molecule has 0 aliphatic rings. The molecule has 8 heteroatoms. The van der Waals surface area contributed by atoms with Gasteiger partial charge in [0.15, 0.2) is 0 Å². The lowest BCUT2D eigenvalue weighted by molar-refractivity contribution is -0.385. The number of thiol groups is 1. The van der Waals surface area contributed by atoms with Crippen molar-refractivity contribution in [3.8, 4) is 0 Å².